The predicted octanol–water partition coefficient (Wildman–Crippen LogP) is 6.67. The van der Waals surface area contributed by atoms with Gasteiger partial charge in [-0.1, -0.05) is 19.9 Å². The number of rotatable bonds is 5. The molecule has 1 unspecified atom stereocenters. The number of esters is 1. The van der Waals surface area contributed by atoms with Crippen LogP contribution in [0.3, 0.4) is 0 Å². The Labute approximate surface area is 326 Å². The zero-order valence-electron chi connectivity index (χ0n) is 33.4. The summed E-state index contributed by atoms with van der Waals surface area (Å²) in [6.45, 7) is 11.4. The highest BCUT2D eigenvalue weighted by atomic mass is 19.4. The molecule has 15 heteroatoms. The van der Waals surface area contributed by atoms with Crippen LogP contribution in [0.25, 0.3) is 22.2 Å². The maximum absolute atomic E-state index is 14.5. The van der Waals surface area contributed by atoms with Crippen LogP contribution in [-0.4, -0.2) is 101 Å². The zero-order valence-corrected chi connectivity index (χ0v) is 33.4. The number of halogens is 3. The van der Waals surface area contributed by atoms with Crippen LogP contribution < -0.4 is 10.7 Å². The number of carbonyl (C=O) groups excluding carboxylic acids is 3. The topological polar surface area (TPSA) is 127 Å². The summed E-state index contributed by atoms with van der Waals surface area (Å²) in [4.78, 5) is 47.5. The van der Waals surface area contributed by atoms with Gasteiger partial charge in [-0.15, -0.1) is 0 Å². The van der Waals surface area contributed by atoms with Gasteiger partial charge in [-0.05, 0) is 108 Å². The Hall–Kier alpha value is -4.21. The van der Waals surface area contributed by atoms with Gasteiger partial charge in [0.05, 0.1) is 24.1 Å². The van der Waals surface area contributed by atoms with E-state index in [9.17, 15) is 27.6 Å². The van der Waals surface area contributed by atoms with Crippen LogP contribution in [0, 0.1) is 5.41 Å². The smallest absolute Gasteiger partial charge is 0.408 e. The molecule has 0 aliphatic carbocycles. The molecule has 6 rings (SSSR count). The number of cyclic esters (lactones) is 1. The highest BCUT2D eigenvalue weighted by Gasteiger charge is 2.38. The molecule has 12 nitrogen and oxygen atoms in total. The van der Waals surface area contributed by atoms with Gasteiger partial charge in [-0.25, -0.2) is 10.2 Å². The van der Waals surface area contributed by atoms with Gasteiger partial charge in [0.1, 0.15) is 24.2 Å². The van der Waals surface area contributed by atoms with E-state index in [0.29, 0.717) is 65.9 Å². The largest absolute Gasteiger partial charge is 0.464 e. The fourth-order valence-electron chi connectivity index (χ4n) is 8.17. The Morgan fingerprint density at radius 1 is 1.11 bits per heavy atom. The van der Waals surface area contributed by atoms with Crippen molar-refractivity contribution in [2.45, 2.75) is 116 Å². The summed E-state index contributed by atoms with van der Waals surface area (Å²) in [5, 5.41) is 4.88. The number of alkyl carbamates (subject to hydrolysis) is 1. The number of benzene rings is 1. The molecule has 0 saturated carbocycles. The number of alkyl halides is 3. The van der Waals surface area contributed by atoms with Crippen molar-refractivity contribution in [3.05, 3.63) is 53.3 Å². The maximum atomic E-state index is 14.5. The summed E-state index contributed by atoms with van der Waals surface area (Å²) in [6, 6.07) is 7.40. The first kappa shape index (κ1) is 41.4. The molecule has 306 valence electrons. The summed E-state index contributed by atoms with van der Waals surface area (Å²) in [6.07, 6.45) is -1.27. The number of nitrogens with zero attached hydrogens (tertiary/aromatic N) is 4. The number of pyridine rings is 1. The van der Waals surface area contributed by atoms with Crippen molar-refractivity contribution in [2.24, 2.45) is 5.41 Å². The third-order valence-electron chi connectivity index (χ3n) is 10.8. The van der Waals surface area contributed by atoms with Crippen molar-refractivity contribution in [3.8, 4) is 11.3 Å². The highest BCUT2D eigenvalue weighted by molar-refractivity contribution is 5.93. The van der Waals surface area contributed by atoms with E-state index < -0.39 is 54.0 Å². The monoisotopic (exact) mass is 784 g/mol. The molecule has 0 radical (unpaired) electrons. The van der Waals surface area contributed by atoms with Crippen molar-refractivity contribution >= 4 is 28.9 Å². The summed E-state index contributed by atoms with van der Waals surface area (Å²) >= 11 is 0. The second-order valence-corrected chi connectivity index (χ2v) is 17.2. The molecule has 3 aliphatic heterocycles. The highest BCUT2D eigenvalue weighted by Crippen LogP contribution is 2.43. The van der Waals surface area contributed by atoms with Gasteiger partial charge in [-0.3, -0.25) is 19.6 Å². The molecule has 2 fully saturated rings. The molecule has 2 saturated heterocycles. The number of hydrogen-bond acceptors (Lipinski definition) is 9. The minimum atomic E-state index is -4.53. The minimum absolute atomic E-state index is 0.000465. The van der Waals surface area contributed by atoms with E-state index in [4.69, 9.17) is 14.2 Å². The van der Waals surface area contributed by atoms with Crippen LogP contribution in [0.4, 0.5) is 18.0 Å². The number of amides is 2. The van der Waals surface area contributed by atoms with Gasteiger partial charge < -0.3 is 29.0 Å². The van der Waals surface area contributed by atoms with Crippen LogP contribution in [0.15, 0.2) is 36.5 Å². The lowest BCUT2D eigenvalue weighted by Gasteiger charge is -2.38. The van der Waals surface area contributed by atoms with Gasteiger partial charge in [0, 0.05) is 54.8 Å². The van der Waals surface area contributed by atoms with Crippen LogP contribution in [0.5, 0.6) is 0 Å². The number of aromatic nitrogens is 2. The van der Waals surface area contributed by atoms with Gasteiger partial charge in [0.25, 0.3) is 5.91 Å². The van der Waals surface area contributed by atoms with E-state index in [2.05, 4.69) is 20.6 Å². The van der Waals surface area contributed by atoms with Crippen LogP contribution in [-0.2, 0) is 36.8 Å². The number of carbonyl (C=O) groups is 3. The molecular formula is C41H55F3N6O6. The van der Waals surface area contributed by atoms with E-state index in [1.54, 1.807) is 45.2 Å². The molecule has 3 aliphatic rings. The average Bonchev–Trinajstić information content (AvgIpc) is 3.41. The molecule has 2 N–H and O–H groups in total. The molecule has 5 heterocycles. The fourth-order valence-corrected chi connectivity index (χ4v) is 8.17. The Morgan fingerprint density at radius 2 is 1.86 bits per heavy atom. The molecule has 56 heavy (non-hydrogen) atoms. The normalized spacial score (nSPS) is 24.3. The number of hydrogen-bond donors (Lipinski definition) is 2. The number of methoxy groups -OCH3 is 1. The quantitative estimate of drug-likeness (QED) is 0.273. The molecule has 6 bridgehead atoms. The Balaban J connectivity index is 1.49. The third kappa shape index (κ3) is 9.66. The first-order chi connectivity index (χ1) is 26.3. The molecule has 2 amide bonds. The Kier molecular flexibility index (Phi) is 12.1. The first-order valence-electron chi connectivity index (χ1n) is 19.5. The van der Waals surface area contributed by atoms with Crippen LogP contribution in [0.2, 0.25) is 0 Å². The Morgan fingerprint density at radius 3 is 2.57 bits per heavy atom. The lowest BCUT2D eigenvalue weighted by molar-refractivity contribution is -0.155. The third-order valence-corrected chi connectivity index (χ3v) is 10.8. The van der Waals surface area contributed by atoms with Crippen molar-refractivity contribution in [2.75, 3.05) is 39.9 Å². The van der Waals surface area contributed by atoms with Gasteiger partial charge in [0.15, 0.2) is 0 Å². The van der Waals surface area contributed by atoms with Gasteiger partial charge in [0.2, 0.25) is 0 Å². The summed E-state index contributed by atoms with van der Waals surface area (Å²) in [5.41, 5.74) is 5.10. The number of fused-ring (bicyclic) bond motifs is 6. The van der Waals surface area contributed by atoms with E-state index in [1.807, 2.05) is 32.9 Å². The fraction of sp³-hybridized carbons (Fsp3) is 0.610. The lowest BCUT2D eigenvalue weighted by Crippen LogP contribution is -2.62. The second-order valence-electron chi connectivity index (χ2n) is 17.2. The van der Waals surface area contributed by atoms with Gasteiger partial charge in [-0.2, -0.15) is 13.2 Å². The van der Waals surface area contributed by atoms with Crippen molar-refractivity contribution in [3.63, 3.8) is 0 Å². The SMILES string of the molecule is CO[C@@H](C)c1ncccc1-c1c2c3cc(ccc3n1CC(F)(F)F)[C@H]1CCCN(C1)C[C@H](NC(=O)OC(C)(C)C)C(=O)N1CCC[C@H](N1)C(=O)OCC(C)(C)C2. The molecule has 0 spiro atoms. The number of hydrazine groups is 1. The number of piperidine rings is 1. The standard InChI is InChI=1S/C41H55F3N6O6/c1-25(54-7)34-28(12-8-16-45-34)35-30-20-40(5,6)24-55-37(52)31-13-10-18-50(47-31)36(51)32(46-38(53)56-39(2,3)4)22-48-17-9-11-27(21-48)26-14-15-33(29(30)19-26)49(35)23-41(42,43)44/h8,12,14-16,19,25,27,31-32,47H,9-11,13,17-18,20-24H2,1-7H3,(H,46,53)/t25-,27-,31-,32-/m0/s1. The van der Waals surface area contributed by atoms with E-state index >= 15 is 0 Å². The van der Waals surface area contributed by atoms with E-state index in [-0.39, 0.29) is 31.4 Å². The molecule has 1 aromatic carbocycles. The predicted molar refractivity (Wildman–Crippen MR) is 205 cm³/mol. The van der Waals surface area contributed by atoms with E-state index in [1.165, 1.54) is 16.7 Å². The summed E-state index contributed by atoms with van der Waals surface area (Å²) < 4.78 is 62.1. The minimum Gasteiger partial charge on any atom is -0.464 e. The van der Waals surface area contributed by atoms with Crippen molar-refractivity contribution in [1.29, 1.82) is 0 Å². The van der Waals surface area contributed by atoms with Gasteiger partial charge >= 0.3 is 18.2 Å². The molecule has 3 aromatic rings. The first-order valence-corrected chi connectivity index (χ1v) is 19.5. The molecular weight excluding hydrogens is 729 g/mol. The lowest BCUT2D eigenvalue weighted by atomic mass is 9.83. The van der Waals surface area contributed by atoms with E-state index in [0.717, 1.165) is 18.4 Å². The van der Waals surface area contributed by atoms with Crippen LogP contribution in [0.1, 0.15) is 96.1 Å². The maximum Gasteiger partial charge on any atom is 0.408 e. The van der Waals surface area contributed by atoms with Crippen molar-refractivity contribution in [1.82, 2.24) is 30.2 Å². The average molecular weight is 785 g/mol. The van der Waals surface area contributed by atoms with Crippen molar-refractivity contribution < 1.29 is 41.8 Å². The number of nitrogens with one attached hydrogen (secondary N) is 2. The second kappa shape index (κ2) is 16.3. The molecule has 5 atom stereocenters. The summed E-state index contributed by atoms with van der Waals surface area (Å²) in [5.74, 6) is -0.933. The summed E-state index contributed by atoms with van der Waals surface area (Å²) in [7, 11) is 1.54. The zero-order chi connectivity index (χ0) is 40.6. The van der Waals surface area contributed by atoms with Crippen LogP contribution >= 0.6 is 0 Å². The number of ether oxygens (including phenoxy) is 3. The molecule has 2 aromatic heterocycles. The Bertz CT molecular complexity index is 1920.